The molecule has 8 bridgehead atoms. The molecule has 25 heteroatoms. The van der Waals surface area contributed by atoms with Crippen molar-refractivity contribution in [3.05, 3.63) is 52.8 Å². The van der Waals surface area contributed by atoms with Crippen LogP contribution in [0.4, 0.5) is 0 Å². The van der Waals surface area contributed by atoms with Gasteiger partial charge in [0.1, 0.15) is 5.60 Å². The number of esters is 6. The Morgan fingerprint density at radius 2 is 1.18 bits per heavy atom. The zero-order valence-corrected chi connectivity index (χ0v) is 52.1. The summed E-state index contributed by atoms with van der Waals surface area (Å²) < 4.78 is 42.6. The fraction of sp³-hybridized carbons (Fsp3) is 0.695. The van der Waals surface area contributed by atoms with E-state index in [1.807, 2.05) is 41.5 Å². The standard InChI is InChI=1S/C57H86N6O16.2CN.Co/c1-33-47-35(15-17-41(65)72-9)52(3,4)38(60-47)30-39-57(71,22-20-44(68)75-12)55(7,31-40(64)59-24-26-79-28-27-78-25-23-58)50(61-39)34(2)48-36(16-18-42(66)73-10)54(6,32-46(70)77-14)56(8,63-48)51-37(29-45(69)76-13)53(5,49(33)62-51)21-19-43(67)74-11;2*1-2;/h30,35-37,51,71H,15-29,31-32,58H2,1-14H3,(H2,59,60,61,62,63,64);;;/q;2*-1;+3/p-1/t35-,36-,37+,51?,53-,54+,55-,56+,57+;;;/m1.../s1. The Hall–Kier alpha value is -6.35. The first-order valence-corrected chi connectivity index (χ1v) is 27.5. The number of allylic oxidation sites excluding steroid dienone is 4. The summed E-state index contributed by atoms with van der Waals surface area (Å²) in [6.45, 7) is 26.0. The predicted molar refractivity (Wildman–Crippen MR) is 301 cm³/mol. The van der Waals surface area contributed by atoms with Crippen LogP contribution in [0.15, 0.2) is 49.3 Å². The molecule has 0 saturated carbocycles. The molecule has 4 N–H and O–H groups in total. The van der Waals surface area contributed by atoms with Crippen LogP contribution in [-0.4, -0.2) is 163 Å². The van der Waals surface area contributed by atoms with E-state index in [-0.39, 0.29) is 119 Å². The van der Waals surface area contributed by atoms with Crippen molar-refractivity contribution in [3.8, 4) is 0 Å². The van der Waals surface area contributed by atoms with Gasteiger partial charge in [-0.15, -0.1) is 0 Å². The summed E-state index contributed by atoms with van der Waals surface area (Å²) >= 11 is 0. The number of carbonyl (C=O) groups is 7. The summed E-state index contributed by atoms with van der Waals surface area (Å²) in [6, 6.07) is -0.973. The number of aliphatic imine (C=N–C) groups is 3. The van der Waals surface area contributed by atoms with E-state index in [0.717, 1.165) is 0 Å². The van der Waals surface area contributed by atoms with E-state index in [0.29, 0.717) is 53.7 Å². The first-order chi connectivity index (χ1) is 39.2. The molecular formula is C59H85CoN8O16. The van der Waals surface area contributed by atoms with E-state index in [1.54, 1.807) is 19.9 Å². The molecule has 1 fully saturated rings. The molecule has 466 valence electrons. The van der Waals surface area contributed by atoms with E-state index >= 15 is 0 Å². The molecule has 0 spiro atoms. The third kappa shape index (κ3) is 15.2. The molecule has 0 aromatic heterocycles. The molecule has 84 heavy (non-hydrogen) atoms. The van der Waals surface area contributed by atoms with Crippen LogP contribution in [0.2, 0.25) is 0 Å². The van der Waals surface area contributed by atoms with Crippen molar-refractivity contribution in [2.45, 2.75) is 143 Å². The molecule has 0 aromatic rings. The summed E-state index contributed by atoms with van der Waals surface area (Å²) in [5.74, 6) is -5.88. The van der Waals surface area contributed by atoms with Crippen LogP contribution in [0.25, 0.3) is 5.32 Å². The summed E-state index contributed by atoms with van der Waals surface area (Å²) in [4.78, 5) is 112. The van der Waals surface area contributed by atoms with Gasteiger partial charge in [0.2, 0.25) is 5.91 Å². The SMILES string of the molecule is COC(=O)CC[C@@H]1C2=NC(=C\C3=NC(=C(/C)C4=N[C@@](C)(C5[N-]/C(=C\2C)[C@](C)(CCC(=O)OC)[C@H]5CC(=O)OC)[C@@](C)(CC(=O)OC)[C@@H]4CCC(=O)OC)/[C@@](C)(CC(=O)NCCOCCOCCN)[C@]3(O)CCC(=O)OC)/C1(C)C.[C-]#N.[C-]#N.[Co+3]. The normalized spacial score (nSPS) is 30.1. The Morgan fingerprint density at radius 1 is 0.667 bits per heavy atom. The maximum absolute atomic E-state index is 14.5. The number of amides is 1. The quantitative estimate of drug-likeness (QED) is 0.0413. The molecule has 1 unspecified atom stereocenters. The molecule has 9 atom stereocenters. The number of aliphatic hydroxyl groups is 1. The molecule has 0 aromatic carbocycles. The minimum Gasteiger partial charge on any atom is -0.682 e. The number of carbonyl (C=O) groups excluding carboxylic acids is 7. The molecular weight excluding hydrogens is 1140 g/mol. The molecule has 0 radical (unpaired) electrons. The van der Waals surface area contributed by atoms with E-state index in [9.17, 15) is 38.7 Å². The van der Waals surface area contributed by atoms with Crippen LogP contribution in [0.5, 0.6) is 0 Å². The van der Waals surface area contributed by atoms with Gasteiger partial charge in [-0.25, -0.2) is 0 Å². The largest absolute Gasteiger partial charge is 3.00 e. The van der Waals surface area contributed by atoms with Crippen molar-refractivity contribution in [3.63, 3.8) is 0 Å². The summed E-state index contributed by atoms with van der Waals surface area (Å²) in [5.41, 5.74) is 0.0948. The Morgan fingerprint density at radius 3 is 1.71 bits per heavy atom. The second-order valence-corrected chi connectivity index (χ2v) is 22.6. The third-order valence-corrected chi connectivity index (χ3v) is 17.9. The van der Waals surface area contributed by atoms with Crippen LogP contribution in [-0.2, 0) is 88.2 Å². The number of ether oxygens (including phenoxy) is 8. The Balaban J connectivity index is 0.00000471. The number of nitrogens with zero attached hydrogens (tertiary/aromatic N) is 6. The number of fused-ring (bicyclic) bond motifs is 6. The third-order valence-electron chi connectivity index (χ3n) is 17.9. The van der Waals surface area contributed by atoms with Gasteiger partial charge >= 0.3 is 52.6 Å². The van der Waals surface area contributed by atoms with Gasteiger partial charge in [0, 0.05) is 91.4 Å². The van der Waals surface area contributed by atoms with Crippen molar-refractivity contribution in [2.24, 2.45) is 60.1 Å². The first-order valence-electron chi connectivity index (χ1n) is 27.5. The van der Waals surface area contributed by atoms with Gasteiger partial charge in [0.15, 0.2) is 0 Å². The van der Waals surface area contributed by atoms with Crippen LogP contribution < -0.4 is 11.1 Å². The number of hydrogen-bond donors (Lipinski definition) is 3. The summed E-state index contributed by atoms with van der Waals surface area (Å²) in [5, 5.41) is 34.9. The Bertz CT molecular complexity index is 2660. The molecule has 24 nitrogen and oxygen atoms in total. The van der Waals surface area contributed by atoms with Gasteiger partial charge in [-0.3, -0.25) is 48.5 Å². The van der Waals surface area contributed by atoms with Crippen molar-refractivity contribution >= 4 is 58.9 Å². The van der Waals surface area contributed by atoms with Gasteiger partial charge < -0.3 is 83.0 Å². The van der Waals surface area contributed by atoms with Gasteiger partial charge in [-0.05, 0) is 75.0 Å². The number of hydrogen-bond acceptors (Lipinski definition) is 22. The molecule has 0 aliphatic carbocycles. The number of rotatable bonds is 26. The second kappa shape index (κ2) is 31.7. The molecule has 5 aliphatic heterocycles. The van der Waals surface area contributed by atoms with Crippen LogP contribution in [0, 0.1) is 63.1 Å². The maximum atomic E-state index is 14.5. The number of nitrogens with two attached hydrogens (primary N) is 1. The van der Waals surface area contributed by atoms with Gasteiger partial charge in [0.05, 0.1) is 97.9 Å². The van der Waals surface area contributed by atoms with E-state index in [1.165, 1.54) is 42.7 Å². The smallest absolute Gasteiger partial charge is 0.682 e. The minimum atomic E-state index is -2.11. The summed E-state index contributed by atoms with van der Waals surface area (Å²) in [6.07, 6.45) is 0.491. The van der Waals surface area contributed by atoms with Crippen molar-refractivity contribution in [1.82, 2.24) is 5.32 Å². The first kappa shape index (κ1) is 73.7. The van der Waals surface area contributed by atoms with E-state index in [4.69, 9.17) is 87.6 Å². The topological polar surface area (TPSA) is 350 Å². The van der Waals surface area contributed by atoms with Crippen LogP contribution in [0.3, 0.4) is 0 Å². The monoisotopic (exact) mass is 1220 g/mol. The minimum absolute atomic E-state index is 0. The fourth-order valence-corrected chi connectivity index (χ4v) is 12.9. The van der Waals surface area contributed by atoms with Crippen LogP contribution in [0.1, 0.15) is 126 Å². The van der Waals surface area contributed by atoms with Crippen molar-refractivity contribution in [1.29, 1.82) is 10.5 Å². The average Bonchev–Trinajstić information content (AvgIpc) is 1.59. The van der Waals surface area contributed by atoms with E-state index in [2.05, 4.69) is 5.32 Å². The maximum Gasteiger partial charge on any atom is 3.00 e. The van der Waals surface area contributed by atoms with Crippen LogP contribution >= 0.6 is 0 Å². The van der Waals surface area contributed by atoms with Gasteiger partial charge in [-0.1, -0.05) is 40.7 Å². The molecule has 5 aliphatic rings. The number of methoxy groups -OCH3 is 6. The van der Waals surface area contributed by atoms with E-state index < -0.39 is 98.3 Å². The summed E-state index contributed by atoms with van der Waals surface area (Å²) in [7, 11) is 7.68. The fourth-order valence-electron chi connectivity index (χ4n) is 12.9. The van der Waals surface area contributed by atoms with Crippen molar-refractivity contribution in [2.75, 3.05) is 82.2 Å². The molecule has 5 heterocycles. The zero-order valence-electron chi connectivity index (χ0n) is 51.1. The molecule has 5 rings (SSSR count). The average molecular weight is 1220 g/mol. The predicted octanol–water partition coefficient (Wildman–Crippen LogP) is 5.56. The Labute approximate surface area is 504 Å². The van der Waals surface area contributed by atoms with Crippen molar-refractivity contribution < 1.29 is 93.3 Å². The number of nitrogens with one attached hydrogen (secondary N) is 1. The molecule has 1 saturated heterocycles. The van der Waals surface area contributed by atoms with Gasteiger partial charge in [0.25, 0.3) is 0 Å². The second-order valence-electron chi connectivity index (χ2n) is 22.6. The Kier molecular flexibility index (Phi) is 27.8. The zero-order chi connectivity index (χ0) is 62.9. The molecule has 1 amide bonds. The van der Waals surface area contributed by atoms with Gasteiger partial charge in [-0.2, -0.15) is 5.70 Å².